The van der Waals surface area contributed by atoms with Crippen LogP contribution in [0.1, 0.15) is 20.9 Å². The predicted octanol–water partition coefficient (Wildman–Crippen LogP) is 1.95. The number of alkyl halides is 3. The summed E-state index contributed by atoms with van der Waals surface area (Å²) in [5.74, 6) is -1.09. The lowest BCUT2D eigenvalue weighted by molar-refractivity contribution is -0.141. The zero-order valence-electron chi connectivity index (χ0n) is 9.23. The lowest BCUT2D eigenvalue weighted by Crippen LogP contribution is -2.15. The number of pyridine rings is 1. The van der Waals surface area contributed by atoms with Gasteiger partial charge in [0.05, 0.1) is 5.56 Å². The van der Waals surface area contributed by atoms with E-state index >= 15 is 0 Å². The minimum Gasteiger partial charge on any atom is -0.382 e. The van der Waals surface area contributed by atoms with Crippen molar-refractivity contribution in [3.05, 3.63) is 34.5 Å². The first-order chi connectivity index (χ1) is 8.80. The van der Waals surface area contributed by atoms with Crippen molar-refractivity contribution in [1.29, 1.82) is 0 Å². The van der Waals surface area contributed by atoms with Crippen LogP contribution in [-0.2, 0) is 6.18 Å². The minimum absolute atomic E-state index is 0.0123. The standard InChI is InChI=1S/C10H7F3N4OS/c11-10(12,13)7-4(2-1-3-16-7)5(18)6-8(14)17-9(15)19-6/h1-3H,14H2,(H2,15,17). The minimum atomic E-state index is -4.72. The molecule has 0 spiro atoms. The number of halogens is 3. The summed E-state index contributed by atoms with van der Waals surface area (Å²) in [6, 6.07) is 2.27. The molecule has 0 unspecified atom stereocenters. The van der Waals surface area contributed by atoms with Crippen LogP contribution in [0.4, 0.5) is 24.1 Å². The summed E-state index contributed by atoms with van der Waals surface area (Å²) in [5.41, 5.74) is 8.96. The maximum atomic E-state index is 12.7. The Labute approximate surface area is 109 Å². The van der Waals surface area contributed by atoms with Crippen molar-refractivity contribution in [1.82, 2.24) is 9.97 Å². The number of carbonyl (C=O) groups is 1. The van der Waals surface area contributed by atoms with Gasteiger partial charge in [0.2, 0.25) is 5.78 Å². The van der Waals surface area contributed by atoms with Crippen LogP contribution in [0.15, 0.2) is 18.3 Å². The van der Waals surface area contributed by atoms with E-state index in [1.54, 1.807) is 0 Å². The molecule has 5 nitrogen and oxygen atoms in total. The number of rotatable bonds is 2. The Morgan fingerprint density at radius 2 is 2.00 bits per heavy atom. The van der Waals surface area contributed by atoms with Gasteiger partial charge in [0.1, 0.15) is 10.7 Å². The third-order valence-corrected chi connectivity index (χ3v) is 3.10. The number of hydrogen-bond acceptors (Lipinski definition) is 6. The monoisotopic (exact) mass is 288 g/mol. The molecule has 19 heavy (non-hydrogen) atoms. The third-order valence-electron chi connectivity index (χ3n) is 2.20. The lowest BCUT2D eigenvalue weighted by atomic mass is 10.1. The van der Waals surface area contributed by atoms with Gasteiger partial charge in [0, 0.05) is 6.20 Å². The molecule has 0 aliphatic carbocycles. The van der Waals surface area contributed by atoms with Crippen LogP contribution in [-0.4, -0.2) is 15.8 Å². The molecule has 0 fully saturated rings. The van der Waals surface area contributed by atoms with Crippen LogP contribution in [0.2, 0.25) is 0 Å². The van der Waals surface area contributed by atoms with Crippen molar-refractivity contribution in [3.63, 3.8) is 0 Å². The topological polar surface area (TPSA) is 94.9 Å². The Balaban J connectivity index is 2.54. The zero-order chi connectivity index (χ0) is 14.2. The van der Waals surface area contributed by atoms with Gasteiger partial charge in [0.15, 0.2) is 10.8 Å². The van der Waals surface area contributed by atoms with Gasteiger partial charge in [-0.1, -0.05) is 11.3 Å². The molecule has 0 radical (unpaired) electrons. The summed E-state index contributed by atoms with van der Waals surface area (Å²) in [7, 11) is 0. The average Bonchev–Trinajstić information content (AvgIpc) is 2.66. The second-order valence-electron chi connectivity index (χ2n) is 3.49. The van der Waals surface area contributed by atoms with Gasteiger partial charge in [-0.15, -0.1) is 0 Å². The van der Waals surface area contributed by atoms with Crippen LogP contribution in [0.25, 0.3) is 0 Å². The number of nitrogen functional groups attached to an aromatic ring is 2. The number of aromatic nitrogens is 2. The predicted molar refractivity (Wildman–Crippen MR) is 63.6 cm³/mol. The fourth-order valence-electron chi connectivity index (χ4n) is 1.45. The molecule has 0 atom stereocenters. The van der Waals surface area contributed by atoms with Crippen molar-refractivity contribution in [2.45, 2.75) is 6.18 Å². The number of nitrogens with zero attached hydrogens (tertiary/aromatic N) is 2. The smallest absolute Gasteiger partial charge is 0.382 e. The summed E-state index contributed by atoms with van der Waals surface area (Å²) < 4.78 is 38.2. The maximum Gasteiger partial charge on any atom is 0.434 e. The molecular weight excluding hydrogens is 281 g/mol. The highest BCUT2D eigenvalue weighted by Crippen LogP contribution is 2.33. The van der Waals surface area contributed by atoms with Gasteiger partial charge in [-0.25, -0.2) is 4.98 Å². The third kappa shape index (κ3) is 2.50. The van der Waals surface area contributed by atoms with Crippen LogP contribution in [0, 0.1) is 0 Å². The van der Waals surface area contributed by atoms with Crippen molar-refractivity contribution >= 4 is 28.1 Å². The first-order valence-electron chi connectivity index (χ1n) is 4.89. The van der Waals surface area contributed by atoms with Crippen LogP contribution in [0.5, 0.6) is 0 Å². The summed E-state index contributed by atoms with van der Waals surface area (Å²) >= 11 is 0.734. The van der Waals surface area contributed by atoms with Gasteiger partial charge in [-0.3, -0.25) is 9.78 Å². The van der Waals surface area contributed by atoms with Crippen LogP contribution < -0.4 is 11.5 Å². The van der Waals surface area contributed by atoms with Gasteiger partial charge < -0.3 is 11.5 Å². The Morgan fingerprint density at radius 3 is 2.53 bits per heavy atom. The summed E-state index contributed by atoms with van der Waals surface area (Å²) in [4.78, 5) is 18.7. The van der Waals surface area contributed by atoms with E-state index < -0.39 is 23.2 Å². The summed E-state index contributed by atoms with van der Waals surface area (Å²) in [6.07, 6.45) is -3.76. The maximum absolute atomic E-state index is 12.7. The number of ketones is 1. The molecule has 0 aliphatic rings. The molecule has 100 valence electrons. The normalized spacial score (nSPS) is 11.5. The second-order valence-corrected chi connectivity index (χ2v) is 4.52. The first-order valence-corrected chi connectivity index (χ1v) is 5.71. The highest BCUT2D eigenvalue weighted by Gasteiger charge is 2.37. The molecular formula is C10H7F3N4OS. The van der Waals surface area contributed by atoms with E-state index in [9.17, 15) is 18.0 Å². The summed E-state index contributed by atoms with van der Waals surface area (Å²) in [6.45, 7) is 0. The largest absolute Gasteiger partial charge is 0.434 e. The Hall–Kier alpha value is -2.16. The van der Waals surface area contributed by atoms with Gasteiger partial charge in [-0.05, 0) is 12.1 Å². The number of carbonyl (C=O) groups excluding carboxylic acids is 1. The Kier molecular flexibility index (Phi) is 3.14. The second kappa shape index (κ2) is 4.50. The van der Waals surface area contributed by atoms with Gasteiger partial charge in [0.25, 0.3) is 0 Å². The SMILES string of the molecule is Nc1nc(N)c(C(=O)c2cccnc2C(F)(F)F)s1. The highest BCUT2D eigenvalue weighted by molar-refractivity contribution is 7.18. The first kappa shape index (κ1) is 13.3. The molecule has 0 aliphatic heterocycles. The van der Waals surface area contributed by atoms with E-state index in [0.717, 1.165) is 23.6 Å². The molecule has 0 saturated heterocycles. The van der Waals surface area contributed by atoms with Crippen molar-refractivity contribution in [2.24, 2.45) is 0 Å². The number of thiazole rings is 1. The van der Waals surface area contributed by atoms with Crippen molar-refractivity contribution in [3.8, 4) is 0 Å². The van der Waals surface area contributed by atoms with Crippen LogP contribution in [0.3, 0.4) is 0 Å². The molecule has 2 aromatic heterocycles. The van der Waals surface area contributed by atoms with Crippen molar-refractivity contribution < 1.29 is 18.0 Å². The van der Waals surface area contributed by atoms with Crippen molar-refractivity contribution in [2.75, 3.05) is 11.5 Å². The highest BCUT2D eigenvalue weighted by atomic mass is 32.1. The summed E-state index contributed by atoms with van der Waals surface area (Å²) in [5, 5.41) is 0.0123. The molecule has 2 heterocycles. The lowest BCUT2D eigenvalue weighted by Gasteiger charge is -2.09. The molecule has 0 aromatic carbocycles. The Bertz CT molecular complexity index is 638. The van der Waals surface area contributed by atoms with E-state index in [1.807, 2.05) is 0 Å². The Morgan fingerprint density at radius 1 is 1.32 bits per heavy atom. The molecule has 0 amide bonds. The average molecular weight is 288 g/mol. The van der Waals surface area contributed by atoms with E-state index in [-0.39, 0.29) is 15.8 Å². The number of anilines is 2. The molecule has 2 aromatic rings. The van der Waals surface area contributed by atoms with Gasteiger partial charge in [-0.2, -0.15) is 13.2 Å². The number of hydrogen-bond donors (Lipinski definition) is 2. The van der Waals surface area contributed by atoms with Gasteiger partial charge >= 0.3 is 6.18 Å². The molecule has 0 saturated carbocycles. The van der Waals surface area contributed by atoms with E-state index in [1.165, 1.54) is 6.07 Å². The quantitative estimate of drug-likeness (QED) is 0.823. The zero-order valence-corrected chi connectivity index (χ0v) is 10.0. The molecule has 0 bridgehead atoms. The molecule has 2 rings (SSSR count). The molecule has 4 N–H and O–H groups in total. The fraction of sp³-hybridized carbons (Fsp3) is 0.100. The van der Waals surface area contributed by atoms with E-state index in [2.05, 4.69) is 9.97 Å². The number of nitrogens with two attached hydrogens (primary N) is 2. The molecule has 9 heteroatoms. The fourth-order valence-corrected chi connectivity index (χ4v) is 2.15. The van der Waals surface area contributed by atoms with E-state index in [4.69, 9.17) is 11.5 Å². The van der Waals surface area contributed by atoms with E-state index in [0.29, 0.717) is 0 Å². The van der Waals surface area contributed by atoms with Crippen LogP contribution >= 0.6 is 11.3 Å².